The van der Waals surface area contributed by atoms with Crippen LogP contribution in [0.25, 0.3) is 0 Å². The van der Waals surface area contributed by atoms with Gasteiger partial charge in [-0.1, -0.05) is 31.2 Å². The van der Waals surface area contributed by atoms with Crippen LogP contribution in [0.1, 0.15) is 37.3 Å². The number of benzene rings is 1. The maximum Gasteiger partial charge on any atom is 0.326 e. The third kappa shape index (κ3) is 6.39. The molecule has 0 saturated carbocycles. The molecule has 0 heterocycles. The van der Waals surface area contributed by atoms with Gasteiger partial charge < -0.3 is 15.5 Å². The summed E-state index contributed by atoms with van der Waals surface area (Å²) in [6.45, 7) is 2.08. The standard InChI is InChI=1S/C16H21NO5/c1-2-11-6-8-12(9-7-11)4-3-5-14(18)17-13(16(21)22)10-15(19)20/h6-9,13H,2-5,10H2,1H3,(H,17,18)(H,19,20)(H,21,22). The molecule has 1 atom stereocenters. The number of rotatable bonds is 9. The van der Waals surface area contributed by atoms with E-state index < -0.39 is 30.3 Å². The Hall–Kier alpha value is -2.37. The highest BCUT2D eigenvalue weighted by Crippen LogP contribution is 2.08. The molecule has 22 heavy (non-hydrogen) atoms. The van der Waals surface area contributed by atoms with Crippen LogP contribution < -0.4 is 5.32 Å². The zero-order valence-electron chi connectivity index (χ0n) is 12.5. The molecule has 1 aromatic carbocycles. The fourth-order valence-corrected chi connectivity index (χ4v) is 2.04. The highest BCUT2D eigenvalue weighted by Gasteiger charge is 2.22. The molecule has 0 fully saturated rings. The first-order chi connectivity index (χ1) is 10.4. The Labute approximate surface area is 129 Å². The molecule has 1 rings (SSSR count). The molecule has 6 nitrogen and oxygen atoms in total. The van der Waals surface area contributed by atoms with Gasteiger partial charge in [0, 0.05) is 6.42 Å². The number of amides is 1. The first-order valence-corrected chi connectivity index (χ1v) is 7.24. The van der Waals surface area contributed by atoms with Crippen LogP contribution in [-0.4, -0.2) is 34.1 Å². The molecule has 6 heteroatoms. The van der Waals surface area contributed by atoms with Crippen molar-refractivity contribution in [3.8, 4) is 0 Å². The van der Waals surface area contributed by atoms with E-state index in [1.54, 1.807) is 0 Å². The van der Waals surface area contributed by atoms with Gasteiger partial charge in [0.2, 0.25) is 5.91 Å². The van der Waals surface area contributed by atoms with Crippen molar-refractivity contribution in [2.45, 2.75) is 45.1 Å². The van der Waals surface area contributed by atoms with E-state index in [2.05, 4.69) is 12.2 Å². The van der Waals surface area contributed by atoms with E-state index >= 15 is 0 Å². The molecule has 1 unspecified atom stereocenters. The minimum atomic E-state index is -1.38. The molecule has 0 bridgehead atoms. The van der Waals surface area contributed by atoms with Crippen LogP contribution in [0.5, 0.6) is 0 Å². The maximum absolute atomic E-state index is 11.7. The predicted molar refractivity (Wildman–Crippen MR) is 80.6 cm³/mol. The van der Waals surface area contributed by atoms with Gasteiger partial charge >= 0.3 is 11.9 Å². The molecular weight excluding hydrogens is 286 g/mol. The van der Waals surface area contributed by atoms with Gasteiger partial charge in [0.05, 0.1) is 6.42 Å². The second-order valence-corrected chi connectivity index (χ2v) is 5.08. The highest BCUT2D eigenvalue weighted by atomic mass is 16.4. The smallest absolute Gasteiger partial charge is 0.326 e. The summed E-state index contributed by atoms with van der Waals surface area (Å²) >= 11 is 0. The fraction of sp³-hybridized carbons (Fsp3) is 0.438. The lowest BCUT2D eigenvalue weighted by Gasteiger charge is -2.12. The van der Waals surface area contributed by atoms with Crippen molar-refractivity contribution in [2.24, 2.45) is 0 Å². The van der Waals surface area contributed by atoms with Gasteiger partial charge in [-0.2, -0.15) is 0 Å². The first kappa shape index (κ1) is 17.7. The van der Waals surface area contributed by atoms with Gasteiger partial charge in [-0.05, 0) is 30.4 Å². The zero-order valence-corrected chi connectivity index (χ0v) is 12.5. The van der Waals surface area contributed by atoms with Crippen molar-refractivity contribution in [2.75, 3.05) is 0 Å². The second-order valence-electron chi connectivity index (χ2n) is 5.08. The first-order valence-electron chi connectivity index (χ1n) is 7.24. The van der Waals surface area contributed by atoms with Crippen LogP contribution in [-0.2, 0) is 27.2 Å². The summed E-state index contributed by atoms with van der Waals surface area (Å²) in [6.07, 6.45) is 1.81. The van der Waals surface area contributed by atoms with Crippen molar-refractivity contribution in [1.82, 2.24) is 5.32 Å². The topological polar surface area (TPSA) is 104 Å². The van der Waals surface area contributed by atoms with Crippen molar-refractivity contribution < 1.29 is 24.6 Å². The van der Waals surface area contributed by atoms with E-state index in [-0.39, 0.29) is 6.42 Å². The minimum absolute atomic E-state index is 0.166. The summed E-state index contributed by atoms with van der Waals surface area (Å²) in [5.74, 6) is -3.05. The molecule has 0 aliphatic heterocycles. The molecule has 1 aromatic rings. The van der Waals surface area contributed by atoms with Gasteiger partial charge in [-0.15, -0.1) is 0 Å². The van der Waals surface area contributed by atoms with E-state index in [0.29, 0.717) is 12.8 Å². The van der Waals surface area contributed by atoms with Crippen LogP contribution in [0.3, 0.4) is 0 Å². The SMILES string of the molecule is CCc1ccc(CCCC(=O)NC(CC(=O)O)C(=O)O)cc1. The third-order valence-electron chi connectivity index (χ3n) is 3.31. The predicted octanol–water partition coefficient (Wildman–Crippen LogP) is 1.62. The van der Waals surface area contributed by atoms with E-state index in [1.807, 2.05) is 24.3 Å². The van der Waals surface area contributed by atoms with Crippen molar-refractivity contribution in [3.63, 3.8) is 0 Å². The molecule has 120 valence electrons. The normalized spacial score (nSPS) is 11.7. The number of carbonyl (C=O) groups is 3. The summed E-state index contributed by atoms with van der Waals surface area (Å²) in [5, 5.41) is 19.7. The number of aryl methyl sites for hydroxylation is 2. The quantitative estimate of drug-likeness (QED) is 0.643. The minimum Gasteiger partial charge on any atom is -0.481 e. The molecule has 3 N–H and O–H groups in total. The van der Waals surface area contributed by atoms with Gasteiger partial charge in [0.25, 0.3) is 0 Å². The second kappa shape index (κ2) is 8.81. The molecule has 0 aliphatic rings. The Bertz CT molecular complexity index is 524. The van der Waals surface area contributed by atoms with Crippen molar-refractivity contribution in [1.29, 1.82) is 0 Å². The third-order valence-corrected chi connectivity index (χ3v) is 3.31. The van der Waals surface area contributed by atoms with Crippen LogP contribution in [0, 0.1) is 0 Å². The van der Waals surface area contributed by atoms with Crippen LogP contribution in [0.4, 0.5) is 0 Å². The fourth-order valence-electron chi connectivity index (χ4n) is 2.04. The number of carboxylic acid groups (broad SMARTS) is 2. The Morgan fingerprint density at radius 1 is 1.09 bits per heavy atom. The highest BCUT2D eigenvalue weighted by molar-refractivity contribution is 5.86. The lowest BCUT2D eigenvalue weighted by Crippen LogP contribution is -2.42. The number of aliphatic carboxylic acids is 2. The summed E-state index contributed by atoms with van der Waals surface area (Å²) in [4.78, 5) is 33.0. The Morgan fingerprint density at radius 3 is 2.18 bits per heavy atom. The number of hydrogen-bond donors (Lipinski definition) is 3. The number of hydrogen-bond acceptors (Lipinski definition) is 3. The zero-order chi connectivity index (χ0) is 16.5. The maximum atomic E-state index is 11.7. The Morgan fingerprint density at radius 2 is 1.68 bits per heavy atom. The molecule has 0 aliphatic carbocycles. The summed E-state index contributed by atoms with van der Waals surface area (Å²) in [5.41, 5.74) is 2.37. The summed E-state index contributed by atoms with van der Waals surface area (Å²) < 4.78 is 0. The van der Waals surface area contributed by atoms with Crippen molar-refractivity contribution in [3.05, 3.63) is 35.4 Å². The Kier molecular flexibility index (Phi) is 7.08. The van der Waals surface area contributed by atoms with E-state index in [1.165, 1.54) is 5.56 Å². The lowest BCUT2D eigenvalue weighted by molar-refractivity contribution is -0.147. The van der Waals surface area contributed by atoms with Gasteiger partial charge in [-0.3, -0.25) is 9.59 Å². The van der Waals surface area contributed by atoms with Crippen LogP contribution in [0.2, 0.25) is 0 Å². The van der Waals surface area contributed by atoms with Crippen LogP contribution in [0.15, 0.2) is 24.3 Å². The summed E-state index contributed by atoms with van der Waals surface area (Å²) in [7, 11) is 0. The van der Waals surface area contributed by atoms with E-state index in [4.69, 9.17) is 10.2 Å². The van der Waals surface area contributed by atoms with Gasteiger partial charge in [0.15, 0.2) is 0 Å². The number of nitrogens with one attached hydrogen (secondary N) is 1. The molecule has 1 amide bonds. The average Bonchev–Trinajstić information content (AvgIpc) is 2.46. The number of carboxylic acids is 2. The lowest BCUT2D eigenvalue weighted by atomic mass is 10.0. The largest absolute Gasteiger partial charge is 0.481 e. The monoisotopic (exact) mass is 307 g/mol. The van der Waals surface area contributed by atoms with Gasteiger partial charge in [-0.25, -0.2) is 4.79 Å². The summed E-state index contributed by atoms with van der Waals surface area (Å²) in [6, 6.07) is 6.74. The molecule has 0 saturated heterocycles. The molecule has 0 aromatic heterocycles. The van der Waals surface area contributed by atoms with E-state index in [9.17, 15) is 14.4 Å². The molecular formula is C16H21NO5. The van der Waals surface area contributed by atoms with Crippen LogP contribution >= 0.6 is 0 Å². The van der Waals surface area contributed by atoms with E-state index in [0.717, 1.165) is 12.0 Å². The Balaban J connectivity index is 2.38. The number of carbonyl (C=O) groups excluding carboxylic acids is 1. The van der Waals surface area contributed by atoms with Crippen molar-refractivity contribution >= 4 is 17.8 Å². The average molecular weight is 307 g/mol. The molecule has 0 spiro atoms. The van der Waals surface area contributed by atoms with Gasteiger partial charge in [0.1, 0.15) is 6.04 Å². The molecule has 0 radical (unpaired) electrons.